The van der Waals surface area contributed by atoms with Gasteiger partial charge in [0.1, 0.15) is 0 Å². The fraction of sp³-hybridized carbons (Fsp3) is 0.200. The Morgan fingerprint density at radius 3 is 2.73 bits per heavy atom. The van der Waals surface area contributed by atoms with Crippen molar-refractivity contribution in [2.75, 3.05) is 0 Å². The lowest BCUT2D eigenvalue weighted by Gasteiger charge is -2.07. The third kappa shape index (κ3) is 2.88. The molecular weight excluding hydrogens is 234 g/mol. The molecule has 0 unspecified atom stereocenters. The van der Waals surface area contributed by atoms with Gasteiger partial charge < -0.3 is 5.11 Å². The van der Waals surface area contributed by atoms with Crippen molar-refractivity contribution < 1.29 is 9.90 Å². The van der Waals surface area contributed by atoms with E-state index in [9.17, 15) is 4.79 Å². The number of nitriles is 1. The minimum absolute atomic E-state index is 0.204. The molecule has 0 radical (unpaired) electrons. The van der Waals surface area contributed by atoms with E-state index in [2.05, 4.69) is 12.6 Å². The number of alkyl halides is 1. The van der Waals surface area contributed by atoms with E-state index in [1.165, 1.54) is 0 Å². The molecule has 0 amide bonds. The molecule has 0 heterocycles. The second-order valence-electron chi connectivity index (χ2n) is 2.96. The molecule has 0 saturated heterocycles. The first kappa shape index (κ1) is 11.9. The smallest absolute Gasteiger partial charge is 0.307 e. The predicted molar refractivity (Wildman–Crippen MR) is 59.3 cm³/mol. The van der Waals surface area contributed by atoms with E-state index in [4.69, 9.17) is 22.0 Å². The van der Waals surface area contributed by atoms with Crippen molar-refractivity contribution in [3.05, 3.63) is 28.8 Å². The van der Waals surface area contributed by atoms with Crippen LogP contribution in [0.15, 0.2) is 17.0 Å². The number of carbonyl (C=O) groups is 1. The summed E-state index contributed by atoms with van der Waals surface area (Å²) in [5.74, 6) is -0.712. The molecular formula is C10H8ClNO2S. The minimum Gasteiger partial charge on any atom is -0.481 e. The molecule has 0 aromatic heterocycles. The van der Waals surface area contributed by atoms with Gasteiger partial charge in [-0.05, 0) is 23.3 Å². The first-order valence-electron chi connectivity index (χ1n) is 4.11. The van der Waals surface area contributed by atoms with Crippen LogP contribution in [0.5, 0.6) is 0 Å². The Balaban J connectivity index is 3.26. The van der Waals surface area contributed by atoms with Crippen molar-refractivity contribution in [1.82, 2.24) is 0 Å². The third-order valence-electron chi connectivity index (χ3n) is 1.89. The molecule has 1 N–H and O–H groups in total. The molecule has 15 heavy (non-hydrogen) atoms. The van der Waals surface area contributed by atoms with E-state index in [-0.39, 0.29) is 12.3 Å². The van der Waals surface area contributed by atoms with Gasteiger partial charge in [0.05, 0.1) is 18.1 Å². The zero-order valence-corrected chi connectivity index (χ0v) is 9.35. The van der Waals surface area contributed by atoms with Gasteiger partial charge >= 0.3 is 5.97 Å². The van der Waals surface area contributed by atoms with Gasteiger partial charge in [-0.15, -0.1) is 24.2 Å². The van der Waals surface area contributed by atoms with Crippen molar-refractivity contribution in [3.8, 4) is 6.07 Å². The average molecular weight is 242 g/mol. The van der Waals surface area contributed by atoms with E-state index in [1.807, 2.05) is 6.07 Å². The number of carboxylic acid groups (broad SMARTS) is 1. The van der Waals surface area contributed by atoms with Gasteiger partial charge in [-0.3, -0.25) is 4.79 Å². The van der Waals surface area contributed by atoms with Gasteiger partial charge in [-0.1, -0.05) is 0 Å². The van der Waals surface area contributed by atoms with E-state index in [1.54, 1.807) is 12.1 Å². The van der Waals surface area contributed by atoms with Gasteiger partial charge in [-0.25, -0.2) is 0 Å². The van der Waals surface area contributed by atoms with E-state index in [0.717, 1.165) is 5.56 Å². The Kier molecular flexibility index (Phi) is 4.01. The zero-order valence-electron chi connectivity index (χ0n) is 7.70. The Labute approximate surface area is 97.7 Å². The Morgan fingerprint density at radius 1 is 1.60 bits per heavy atom. The highest BCUT2D eigenvalue weighted by Gasteiger charge is 2.11. The number of rotatable bonds is 3. The first-order chi connectivity index (χ1) is 7.08. The lowest BCUT2D eigenvalue weighted by molar-refractivity contribution is -0.136. The fourth-order valence-electron chi connectivity index (χ4n) is 1.23. The lowest BCUT2D eigenvalue weighted by Crippen LogP contribution is -2.04. The zero-order chi connectivity index (χ0) is 11.4. The number of aliphatic carboxylic acids is 1. The van der Waals surface area contributed by atoms with Crippen LogP contribution in [0.2, 0.25) is 0 Å². The molecule has 78 valence electrons. The number of hydrogen-bond acceptors (Lipinski definition) is 3. The van der Waals surface area contributed by atoms with Crippen molar-refractivity contribution >= 4 is 30.2 Å². The van der Waals surface area contributed by atoms with Crippen LogP contribution in [0.4, 0.5) is 0 Å². The Hall–Kier alpha value is -1.18. The normalized spacial score (nSPS) is 9.67. The predicted octanol–water partition coefficient (Wildman–Crippen LogP) is 2.21. The topological polar surface area (TPSA) is 61.1 Å². The van der Waals surface area contributed by atoms with Gasteiger partial charge in [0, 0.05) is 10.8 Å². The number of benzene rings is 1. The Bertz CT molecular complexity index is 440. The molecule has 0 aliphatic rings. The number of thiol groups is 1. The van der Waals surface area contributed by atoms with Crippen molar-refractivity contribution in [2.45, 2.75) is 17.2 Å². The monoisotopic (exact) mass is 241 g/mol. The second kappa shape index (κ2) is 5.06. The van der Waals surface area contributed by atoms with Gasteiger partial charge in [0.15, 0.2) is 0 Å². The molecule has 0 saturated carbocycles. The summed E-state index contributed by atoms with van der Waals surface area (Å²) in [6.45, 7) is 0. The fourth-order valence-corrected chi connectivity index (χ4v) is 1.75. The Morgan fingerprint density at radius 2 is 2.27 bits per heavy atom. The number of carboxylic acids is 1. The lowest BCUT2D eigenvalue weighted by atomic mass is 10.0. The molecule has 0 spiro atoms. The van der Waals surface area contributed by atoms with Gasteiger partial charge in [-0.2, -0.15) is 5.26 Å². The van der Waals surface area contributed by atoms with Crippen LogP contribution in [0.1, 0.15) is 16.7 Å². The summed E-state index contributed by atoms with van der Waals surface area (Å²) in [5.41, 5.74) is 1.51. The largest absolute Gasteiger partial charge is 0.481 e. The van der Waals surface area contributed by atoms with Crippen LogP contribution in [0.25, 0.3) is 0 Å². The van der Waals surface area contributed by atoms with Crippen LogP contribution in [-0.2, 0) is 17.1 Å². The highest BCUT2D eigenvalue weighted by molar-refractivity contribution is 7.80. The van der Waals surface area contributed by atoms with Gasteiger partial charge in [0.2, 0.25) is 0 Å². The molecule has 1 aromatic rings. The average Bonchev–Trinajstić information content (AvgIpc) is 2.20. The maximum Gasteiger partial charge on any atom is 0.307 e. The van der Waals surface area contributed by atoms with E-state index < -0.39 is 5.97 Å². The van der Waals surface area contributed by atoms with Crippen molar-refractivity contribution in [3.63, 3.8) is 0 Å². The molecule has 1 aromatic carbocycles. The SMILES string of the molecule is N#Cc1cc(CCl)cc(S)c1CC(=O)O. The summed E-state index contributed by atoms with van der Waals surface area (Å²) in [4.78, 5) is 11.1. The van der Waals surface area contributed by atoms with Crippen molar-refractivity contribution in [1.29, 1.82) is 5.26 Å². The number of nitrogens with zero attached hydrogens (tertiary/aromatic N) is 1. The molecule has 0 fully saturated rings. The highest BCUT2D eigenvalue weighted by atomic mass is 35.5. The summed E-state index contributed by atoms with van der Waals surface area (Å²) in [6.07, 6.45) is -0.204. The van der Waals surface area contributed by atoms with Crippen LogP contribution in [0, 0.1) is 11.3 Å². The summed E-state index contributed by atoms with van der Waals surface area (Å²) in [7, 11) is 0. The van der Waals surface area contributed by atoms with Crippen molar-refractivity contribution in [2.24, 2.45) is 0 Å². The first-order valence-corrected chi connectivity index (χ1v) is 5.09. The summed E-state index contributed by atoms with van der Waals surface area (Å²) in [5, 5.41) is 17.5. The van der Waals surface area contributed by atoms with Crippen LogP contribution in [-0.4, -0.2) is 11.1 Å². The maximum absolute atomic E-state index is 10.6. The maximum atomic E-state index is 10.6. The summed E-state index contributed by atoms with van der Waals surface area (Å²) >= 11 is 9.77. The minimum atomic E-state index is -0.986. The van der Waals surface area contributed by atoms with Crippen LogP contribution < -0.4 is 0 Å². The molecule has 0 aliphatic heterocycles. The van der Waals surface area contributed by atoms with E-state index in [0.29, 0.717) is 16.0 Å². The molecule has 0 atom stereocenters. The molecule has 5 heteroatoms. The van der Waals surface area contributed by atoms with Crippen LogP contribution >= 0.6 is 24.2 Å². The molecule has 0 aliphatic carbocycles. The quantitative estimate of drug-likeness (QED) is 0.630. The standard InChI is InChI=1S/C10H8ClNO2S/c11-4-6-1-7(5-12)8(3-10(13)14)9(15)2-6/h1-2,15H,3-4H2,(H,13,14). The molecule has 0 bridgehead atoms. The van der Waals surface area contributed by atoms with Crippen LogP contribution in [0.3, 0.4) is 0 Å². The second-order valence-corrected chi connectivity index (χ2v) is 3.71. The van der Waals surface area contributed by atoms with Gasteiger partial charge in [0.25, 0.3) is 0 Å². The molecule has 1 rings (SSSR count). The number of halogens is 1. The van der Waals surface area contributed by atoms with E-state index >= 15 is 0 Å². The number of hydrogen-bond donors (Lipinski definition) is 2. The highest BCUT2D eigenvalue weighted by Crippen LogP contribution is 2.22. The summed E-state index contributed by atoms with van der Waals surface area (Å²) in [6, 6.07) is 5.21. The summed E-state index contributed by atoms with van der Waals surface area (Å²) < 4.78 is 0. The third-order valence-corrected chi connectivity index (χ3v) is 2.60. The molecule has 3 nitrogen and oxygen atoms in total.